The molecule has 0 aliphatic carbocycles. The van der Waals surface area contributed by atoms with Crippen LogP contribution in [0.25, 0.3) is 16.6 Å². The highest BCUT2D eigenvalue weighted by Crippen LogP contribution is 2.27. The van der Waals surface area contributed by atoms with Crippen molar-refractivity contribution in [3.05, 3.63) is 106 Å². The van der Waals surface area contributed by atoms with Crippen LogP contribution in [-0.4, -0.2) is 26.9 Å². The summed E-state index contributed by atoms with van der Waals surface area (Å²) in [6.45, 7) is 10.7. The molecular weight excluding hydrogens is 446 g/mol. The molecule has 0 bridgehead atoms. The maximum Gasteiger partial charge on any atom is 0.266 e. The van der Waals surface area contributed by atoms with Gasteiger partial charge in [-0.15, -0.1) is 0 Å². The van der Waals surface area contributed by atoms with E-state index in [9.17, 15) is 9.59 Å². The minimum Gasteiger partial charge on any atom is -0.332 e. The molecule has 1 unspecified atom stereocenters. The van der Waals surface area contributed by atoms with E-state index in [1.165, 1.54) is 5.56 Å². The lowest BCUT2D eigenvalue weighted by Crippen LogP contribution is -2.40. The van der Waals surface area contributed by atoms with Gasteiger partial charge in [0, 0.05) is 13.0 Å². The Hall–Kier alpha value is -3.73. The Bertz CT molecular complexity index is 1400. The zero-order chi connectivity index (χ0) is 25.9. The van der Waals surface area contributed by atoms with Gasteiger partial charge in [0.25, 0.3) is 5.56 Å². The number of aromatic nitrogens is 2. The van der Waals surface area contributed by atoms with E-state index in [0.29, 0.717) is 29.7 Å². The molecule has 4 rings (SSSR count). The largest absolute Gasteiger partial charge is 0.332 e. The number of hydrogen-bond donors (Lipinski definition) is 0. The zero-order valence-corrected chi connectivity index (χ0v) is 21.9. The lowest BCUT2D eigenvalue weighted by molar-refractivity contribution is -0.135. The Morgan fingerprint density at radius 1 is 0.944 bits per heavy atom. The average Bonchev–Trinajstić information content (AvgIpc) is 2.84. The second-order valence-electron chi connectivity index (χ2n) is 10.7. The minimum atomic E-state index is -0.401. The van der Waals surface area contributed by atoms with Crippen LogP contribution in [0.2, 0.25) is 0 Å². The molecule has 0 spiro atoms. The molecule has 186 valence electrons. The molecule has 1 aromatic heterocycles. The first-order valence-electron chi connectivity index (χ1n) is 12.6. The number of carbonyl (C=O) groups is 1. The van der Waals surface area contributed by atoms with E-state index >= 15 is 0 Å². The Labute approximate surface area is 213 Å². The van der Waals surface area contributed by atoms with Gasteiger partial charge >= 0.3 is 0 Å². The third kappa shape index (κ3) is 5.73. The van der Waals surface area contributed by atoms with E-state index < -0.39 is 6.04 Å². The Balaban J connectivity index is 1.83. The van der Waals surface area contributed by atoms with E-state index in [4.69, 9.17) is 4.98 Å². The molecule has 0 fully saturated rings. The molecule has 1 atom stereocenters. The van der Waals surface area contributed by atoms with Crippen LogP contribution in [0, 0.1) is 12.3 Å². The number of amides is 1. The average molecular weight is 482 g/mol. The van der Waals surface area contributed by atoms with Crippen molar-refractivity contribution >= 4 is 16.8 Å². The molecule has 0 aliphatic rings. The number of rotatable bonds is 7. The van der Waals surface area contributed by atoms with Gasteiger partial charge in [0.2, 0.25) is 5.91 Å². The fraction of sp³-hybridized carbons (Fsp3) is 0.323. The fourth-order valence-corrected chi connectivity index (χ4v) is 4.50. The lowest BCUT2D eigenvalue weighted by Gasteiger charge is -2.33. The summed E-state index contributed by atoms with van der Waals surface area (Å²) in [6.07, 6.45) is 1.14. The number of carbonyl (C=O) groups excluding carboxylic acids is 1. The number of nitrogens with zero attached hydrogens (tertiary/aromatic N) is 3. The summed E-state index contributed by atoms with van der Waals surface area (Å²) in [4.78, 5) is 34.3. The van der Waals surface area contributed by atoms with Crippen molar-refractivity contribution in [2.24, 2.45) is 5.41 Å². The predicted octanol–water partition coefficient (Wildman–Crippen LogP) is 6.26. The first kappa shape index (κ1) is 25.4. The van der Waals surface area contributed by atoms with Gasteiger partial charge in [-0.05, 0) is 55.5 Å². The van der Waals surface area contributed by atoms with Gasteiger partial charge in [-0.2, -0.15) is 0 Å². The molecule has 3 aromatic carbocycles. The maximum atomic E-state index is 13.8. The molecule has 0 radical (unpaired) electrons. The molecule has 5 heteroatoms. The maximum absolute atomic E-state index is 13.8. The van der Waals surface area contributed by atoms with Crippen LogP contribution in [0.3, 0.4) is 0 Å². The highest BCUT2D eigenvalue weighted by molar-refractivity contribution is 5.79. The summed E-state index contributed by atoms with van der Waals surface area (Å²) in [6, 6.07) is 25.0. The third-order valence-corrected chi connectivity index (χ3v) is 6.42. The molecule has 0 saturated carbocycles. The van der Waals surface area contributed by atoms with Crippen LogP contribution in [0.1, 0.15) is 57.1 Å². The van der Waals surface area contributed by atoms with Crippen molar-refractivity contribution in [1.29, 1.82) is 0 Å². The number of hydrogen-bond acceptors (Lipinski definition) is 3. The first-order chi connectivity index (χ1) is 17.1. The SMILES string of the molecule is Cc1ccc(-n2c(C(C)N(CCc3ccccc3)C(=O)CC(C)(C)C)nc3ccccc3c2=O)cc1. The van der Waals surface area contributed by atoms with Crippen LogP contribution < -0.4 is 5.56 Å². The molecule has 0 saturated heterocycles. The minimum absolute atomic E-state index is 0.0591. The summed E-state index contributed by atoms with van der Waals surface area (Å²) in [5, 5.41) is 0.561. The quantitative estimate of drug-likeness (QED) is 0.313. The zero-order valence-electron chi connectivity index (χ0n) is 21.9. The van der Waals surface area contributed by atoms with Gasteiger partial charge < -0.3 is 4.90 Å². The number of para-hydroxylation sites is 1. The fourth-order valence-electron chi connectivity index (χ4n) is 4.50. The van der Waals surface area contributed by atoms with E-state index in [-0.39, 0.29) is 16.9 Å². The summed E-state index contributed by atoms with van der Waals surface area (Å²) >= 11 is 0. The topological polar surface area (TPSA) is 55.2 Å². The van der Waals surface area contributed by atoms with Crippen molar-refractivity contribution in [2.45, 2.75) is 53.5 Å². The first-order valence-corrected chi connectivity index (χ1v) is 12.6. The molecule has 4 aromatic rings. The van der Waals surface area contributed by atoms with Crippen LogP contribution in [0.5, 0.6) is 0 Å². The van der Waals surface area contributed by atoms with Gasteiger partial charge in [0.1, 0.15) is 5.82 Å². The molecule has 0 N–H and O–H groups in total. The van der Waals surface area contributed by atoms with Gasteiger partial charge in [-0.3, -0.25) is 14.2 Å². The van der Waals surface area contributed by atoms with Gasteiger partial charge in [0.15, 0.2) is 0 Å². The smallest absolute Gasteiger partial charge is 0.266 e. The number of aryl methyl sites for hydroxylation is 1. The normalized spacial score (nSPS) is 12.5. The summed E-state index contributed by atoms with van der Waals surface area (Å²) in [7, 11) is 0. The van der Waals surface area contributed by atoms with Crippen molar-refractivity contribution in [3.63, 3.8) is 0 Å². The van der Waals surface area contributed by atoms with Crippen molar-refractivity contribution < 1.29 is 4.79 Å². The summed E-state index contributed by atoms with van der Waals surface area (Å²) in [5.74, 6) is 0.627. The second kappa shape index (κ2) is 10.5. The summed E-state index contributed by atoms with van der Waals surface area (Å²) < 4.78 is 1.67. The van der Waals surface area contributed by atoms with Gasteiger partial charge in [-0.25, -0.2) is 4.98 Å². The van der Waals surface area contributed by atoms with Gasteiger partial charge in [0.05, 0.1) is 22.6 Å². The predicted molar refractivity (Wildman–Crippen MR) is 146 cm³/mol. The molecule has 5 nitrogen and oxygen atoms in total. The van der Waals surface area contributed by atoms with E-state index in [0.717, 1.165) is 17.7 Å². The van der Waals surface area contributed by atoms with Crippen LogP contribution in [0.4, 0.5) is 0 Å². The molecule has 0 aliphatic heterocycles. The van der Waals surface area contributed by atoms with Crippen molar-refractivity contribution in [1.82, 2.24) is 14.5 Å². The number of benzene rings is 3. The number of fused-ring (bicyclic) bond motifs is 1. The van der Waals surface area contributed by atoms with Crippen LogP contribution >= 0.6 is 0 Å². The Kier molecular flexibility index (Phi) is 7.39. The van der Waals surface area contributed by atoms with Crippen LogP contribution in [0.15, 0.2) is 83.7 Å². The van der Waals surface area contributed by atoms with Crippen LogP contribution in [-0.2, 0) is 11.2 Å². The van der Waals surface area contributed by atoms with Crippen molar-refractivity contribution in [3.8, 4) is 5.69 Å². The molecule has 36 heavy (non-hydrogen) atoms. The highest BCUT2D eigenvalue weighted by atomic mass is 16.2. The third-order valence-electron chi connectivity index (χ3n) is 6.42. The summed E-state index contributed by atoms with van der Waals surface area (Å²) in [5.41, 5.74) is 3.38. The molecular formula is C31H35N3O2. The highest BCUT2D eigenvalue weighted by Gasteiger charge is 2.29. The Morgan fingerprint density at radius 2 is 1.58 bits per heavy atom. The van der Waals surface area contributed by atoms with Gasteiger partial charge in [-0.1, -0.05) is 80.9 Å². The monoisotopic (exact) mass is 481 g/mol. The lowest BCUT2D eigenvalue weighted by atomic mass is 9.91. The molecule has 1 amide bonds. The van der Waals surface area contributed by atoms with E-state index in [2.05, 4.69) is 32.9 Å². The second-order valence-corrected chi connectivity index (χ2v) is 10.7. The van der Waals surface area contributed by atoms with E-state index in [1.807, 2.05) is 85.5 Å². The standard InChI is InChI=1S/C31H35N3O2/c1-22-15-17-25(18-16-22)34-29(32-27-14-10-9-13-26(27)30(34)36)23(2)33(28(35)21-31(3,4)5)20-19-24-11-7-6-8-12-24/h6-18,23H,19-21H2,1-5H3. The van der Waals surface area contributed by atoms with Crippen molar-refractivity contribution in [2.75, 3.05) is 6.54 Å². The van der Waals surface area contributed by atoms with E-state index in [1.54, 1.807) is 4.57 Å². The Morgan fingerprint density at radius 3 is 2.25 bits per heavy atom. The molecule has 1 heterocycles.